The van der Waals surface area contributed by atoms with Crippen molar-refractivity contribution in [2.24, 2.45) is 0 Å². The van der Waals surface area contributed by atoms with Gasteiger partial charge >= 0.3 is 0 Å². The fourth-order valence-corrected chi connectivity index (χ4v) is 1.80. The maximum Gasteiger partial charge on any atom is 0.126 e. The van der Waals surface area contributed by atoms with Gasteiger partial charge in [-0.2, -0.15) is 5.26 Å². The van der Waals surface area contributed by atoms with Gasteiger partial charge in [0.15, 0.2) is 0 Å². The van der Waals surface area contributed by atoms with E-state index in [-0.39, 0.29) is 6.04 Å². The van der Waals surface area contributed by atoms with Gasteiger partial charge in [0.1, 0.15) is 11.6 Å². The second-order valence-electron chi connectivity index (χ2n) is 4.17. The normalized spacial score (nSPS) is 11.8. The summed E-state index contributed by atoms with van der Waals surface area (Å²) < 4.78 is 18.5. The lowest BCUT2D eigenvalue weighted by atomic mass is 10.1. The van der Waals surface area contributed by atoms with E-state index in [0.717, 1.165) is 5.76 Å². The molecule has 0 fully saturated rings. The van der Waals surface area contributed by atoms with Crippen LogP contribution in [0.5, 0.6) is 0 Å². The Balaban J connectivity index is 2.05. The van der Waals surface area contributed by atoms with Crippen molar-refractivity contribution in [1.29, 1.82) is 5.26 Å². The van der Waals surface area contributed by atoms with E-state index in [1.165, 1.54) is 12.1 Å². The van der Waals surface area contributed by atoms with Crippen molar-refractivity contribution >= 4 is 5.69 Å². The molecule has 3 nitrogen and oxygen atoms in total. The van der Waals surface area contributed by atoms with Crippen LogP contribution >= 0.6 is 0 Å². The third-order valence-electron chi connectivity index (χ3n) is 2.53. The highest BCUT2D eigenvalue weighted by Crippen LogP contribution is 2.16. The van der Waals surface area contributed by atoms with Crippen molar-refractivity contribution in [3.05, 3.63) is 53.7 Å². The number of furan rings is 1. The second-order valence-corrected chi connectivity index (χ2v) is 4.17. The first kappa shape index (κ1) is 12.2. The van der Waals surface area contributed by atoms with Crippen LogP contribution in [-0.4, -0.2) is 6.04 Å². The van der Waals surface area contributed by atoms with E-state index in [1.54, 1.807) is 12.3 Å². The minimum absolute atomic E-state index is 0.0875. The van der Waals surface area contributed by atoms with E-state index in [4.69, 9.17) is 9.68 Å². The van der Waals surface area contributed by atoms with Crippen LogP contribution in [0.3, 0.4) is 0 Å². The average molecular weight is 244 g/mol. The van der Waals surface area contributed by atoms with E-state index in [9.17, 15) is 4.39 Å². The van der Waals surface area contributed by atoms with Gasteiger partial charge in [-0.25, -0.2) is 4.39 Å². The average Bonchev–Trinajstić information content (AvgIpc) is 2.80. The molecule has 0 aliphatic carbocycles. The quantitative estimate of drug-likeness (QED) is 0.897. The van der Waals surface area contributed by atoms with Gasteiger partial charge in [0.05, 0.1) is 17.9 Å². The second kappa shape index (κ2) is 5.37. The maximum atomic E-state index is 13.2. The van der Waals surface area contributed by atoms with Crippen molar-refractivity contribution in [3.8, 4) is 6.07 Å². The molecule has 1 heterocycles. The molecular formula is C14H13FN2O. The molecule has 0 saturated heterocycles. The first-order chi connectivity index (χ1) is 8.67. The summed E-state index contributed by atoms with van der Waals surface area (Å²) in [5.74, 6) is 0.452. The molecule has 1 N–H and O–H groups in total. The van der Waals surface area contributed by atoms with Gasteiger partial charge in [-0.15, -0.1) is 0 Å². The molecule has 4 heteroatoms. The molecule has 0 radical (unpaired) electrons. The predicted molar refractivity (Wildman–Crippen MR) is 66.6 cm³/mol. The Kier molecular flexibility index (Phi) is 3.63. The summed E-state index contributed by atoms with van der Waals surface area (Å²) in [6.45, 7) is 1.97. The number of halogens is 1. The molecule has 1 atom stereocenters. The molecule has 0 bridgehead atoms. The maximum absolute atomic E-state index is 13.2. The molecule has 1 aromatic heterocycles. The number of benzene rings is 1. The van der Waals surface area contributed by atoms with Crippen molar-refractivity contribution in [2.45, 2.75) is 19.4 Å². The number of anilines is 1. The van der Waals surface area contributed by atoms with E-state index in [0.29, 0.717) is 17.7 Å². The molecule has 0 spiro atoms. The Morgan fingerprint density at radius 1 is 1.44 bits per heavy atom. The molecule has 1 unspecified atom stereocenters. The standard InChI is InChI=1S/C14H13FN2O/c1-10(5-14-3-2-4-18-14)17-13-7-11(9-16)6-12(15)8-13/h2-4,6-8,10,17H,5H2,1H3. The predicted octanol–water partition coefficient (Wildman–Crippen LogP) is 3.33. The lowest BCUT2D eigenvalue weighted by Gasteiger charge is -2.14. The number of hydrogen-bond acceptors (Lipinski definition) is 3. The number of rotatable bonds is 4. The summed E-state index contributed by atoms with van der Waals surface area (Å²) in [6.07, 6.45) is 2.32. The first-order valence-corrected chi connectivity index (χ1v) is 5.67. The minimum atomic E-state index is -0.415. The summed E-state index contributed by atoms with van der Waals surface area (Å²) in [4.78, 5) is 0. The largest absolute Gasteiger partial charge is 0.469 e. The molecule has 1 aromatic carbocycles. The smallest absolute Gasteiger partial charge is 0.126 e. The van der Waals surface area contributed by atoms with Crippen molar-refractivity contribution in [3.63, 3.8) is 0 Å². The van der Waals surface area contributed by atoms with Crippen LogP contribution in [-0.2, 0) is 6.42 Å². The molecule has 0 aliphatic heterocycles. The fourth-order valence-electron chi connectivity index (χ4n) is 1.80. The Morgan fingerprint density at radius 3 is 2.94 bits per heavy atom. The van der Waals surface area contributed by atoms with Crippen LogP contribution in [0.4, 0.5) is 10.1 Å². The first-order valence-electron chi connectivity index (χ1n) is 5.67. The third-order valence-corrected chi connectivity index (χ3v) is 2.53. The highest BCUT2D eigenvalue weighted by Gasteiger charge is 2.07. The number of hydrogen-bond donors (Lipinski definition) is 1. The van der Waals surface area contributed by atoms with Gasteiger partial charge in [-0.3, -0.25) is 0 Å². The highest BCUT2D eigenvalue weighted by atomic mass is 19.1. The number of nitrogens with one attached hydrogen (secondary N) is 1. The van der Waals surface area contributed by atoms with Gasteiger partial charge in [-0.05, 0) is 37.3 Å². The zero-order valence-electron chi connectivity index (χ0n) is 9.98. The molecule has 2 aromatic rings. The summed E-state index contributed by atoms with van der Waals surface area (Å²) >= 11 is 0. The molecule has 0 saturated carbocycles. The Labute approximate surface area is 105 Å². The summed E-state index contributed by atoms with van der Waals surface area (Å²) in [5, 5.41) is 11.9. The van der Waals surface area contributed by atoms with Crippen LogP contribution in [0, 0.1) is 17.1 Å². The van der Waals surface area contributed by atoms with Crippen molar-refractivity contribution < 1.29 is 8.81 Å². The topological polar surface area (TPSA) is 49.0 Å². The Bertz CT molecular complexity index is 558. The minimum Gasteiger partial charge on any atom is -0.469 e. The Morgan fingerprint density at radius 2 is 2.28 bits per heavy atom. The van der Waals surface area contributed by atoms with Crippen LogP contribution < -0.4 is 5.32 Å². The molecular weight excluding hydrogens is 231 g/mol. The van der Waals surface area contributed by atoms with Crippen LogP contribution in [0.25, 0.3) is 0 Å². The summed E-state index contributed by atoms with van der Waals surface area (Å²) in [7, 11) is 0. The van der Waals surface area contributed by atoms with Gasteiger partial charge in [0.25, 0.3) is 0 Å². The van der Waals surface area contributed by atoms with E-state index in [1.807, 2.05) is 25.1 Å². The lowest BCUT2D eigenvalue weighted by Crippen LogP contribution is -2.17. The van der Waals surface area contributed by atoms with E-state index < -0.39 is 5.82 Å². The molecule has 92 valence electrons. The van der Waals surface area contributed by atoms with Gasteiger partial charge in [0, 0.05) is 18.2 Å². The third kappa shape index (κ3) is 3.11. The number of nitriles is 1. The number of nitrogens with zero attached hydrogens (tertiary/aromatic N) is 1. The Hall–Kier alpha value is -2.28. The van der Waals surface area contributed by atoms with Crippen LogP contribution in [0.1, 0.15) is 18.2 Å². The van der Waals surface area contributed by atoms with E-state index >= 15 is 0 Å². The zero-order valence-corrected chi connectivity index (χ0v) is 9.98. The van der Waals surface area contributed by atoms with Crippen LogP contribution in [0.15, 0.2) is 41.0 Å². The summed E-state index contributed by atoms with van der Waals surface area (Å²) in [6, 6.07) is 9.95. The fraction of sp³-hybridized carbons (Fsp3) is 0.214. The summed E-state index contributed by atoms with van der Waals surface area (Å²) in [5.41, 5.74) is 0.910. The zero-order chi connectivity index (χ0) is 13.0. The molecule has 2 rings (SSSR count). The monoisotopic (exact) mass is 244 g/mol. The van der Waals surface area contributed by atoms with Gasteiger partial charge in [-0.1, -0.05) is 0 Å². The molecule has 0 amide bonds. The van der Waals surface area contributed by atoms with Gasteiger partial charge in [0.2, 0.25) is 0 Å². The van der Waals surface area contributed by atoms with Gasteiger partial charge < -0.3 is 9.73 Å². The van der Waals surface area contributed by atoms with E-state index in [2.05, 4.69) is 5.32 Å². The highest BCUT2D eigenvalue weighted by molar-refractivity contribution is 5.50. The van der Waals surface area contributed by atoms with Crippen molar-refractivity contribution in [2.75, 3.05) is 5.32 Å². The molecule has 0 aliphatic rings. The lowest BCUT2D eigenvalue weighted by molar-refractivity contribution is 0.497. The van der Waals surface area contributed by atoms with Crippen molar-refractivity contribution in [1.82, 2.24) is 0 Å². The molecule has 18 heavy (non-hydrogen) atoms. The SMILES string of the molecule is CC(Cc1ccco1)Nc1cc(F)cc(C#N)c1. The van der Waals surface area contributed by atoms with Crippen LogP contribution in [0.2, 0.25) is 0 Å².